The SMILES string of the molecule is COc1ccc2oc(C(=O)NC(CC3CC3)C(=O)N3CCC4C3C(=O)CN4C(=O)c3ccccn3)cc2c1. The van der Waals surface area contributed by atoms with Crippen LogP contribution in [-0.4, -0.2) is 76.6 Å². The minimum atomic E-state index is -0.787. The number of likely N-dealkylation sites (tertiary alicyclic amines) is 2. The number of Topliss-reactive ketones (excluding diaryl/α,β-unsaturated/α-hetero) is 1. The fraction of sp³-hybridized carbons (Fsp3) is 0.393. The molecule has 10 heteroatoms. The first-order valence-electron chi connectivity index (χ1n) is 12.9. The van der Waals surface area contributed by atoms with Crippen molar-refractivity contribution in [1.82, 2.24) is 20.1 Å². The molecular weight excluding hydrogens is 488 g/mol. The van der Waals surface area contributed by atoms with Gasteiger partial charge < -0.3 is 24.3 Å². The molecule has 0 spiro atoms. The van der Waals surface area contributed by atoms with Gasteiger partial charge in [0.2, 0.25) is 5.91 Å². The molecule has 1 saturated carbocycles. The van der Waals surface area contributed by atoms with Crippen LogP contribution < -0.4 is 10.1 Å². The average Bonchev–Trinajstić information content (AvgIpc) is 3.34. The number of rotatable bonds is 7. The Balaban J connectivity index is 1.19. The number of furan rings is 1. The Morgan fingerprint density at radius 3 is 2.71 bits per heavy atom. The maximum absolute atomic E-state index is 13.8. The number of nitrogens with one attached hydrogen (secondary N) is 1. The third-order valence-corrected chi connectivity index (χ3v) is 7.67. The smallest absolute Gasteiger partial charge is 0.287 e. The highest BCUT2D eigenvalue weighted by Gasteiger charge is 2.52. The second-order valence-corrected chi connectivity index (χ2v) is 10.2. The molecule has 1 aromatic carbocycles. The molecule has 0 bridgehead atoms. The number of carbonyl (C=O) groups excluding carboxylic acids is 4. The number of carbonyl (C=O) groups is 4. The van der Waals surface area contributed by atoms with Gasteiger partial charge in [0.15, 0.2) is 11.5 Å². The van der Waals surface area contributed by atoms with Crippen LogP contribution in [0, 0.1) is 5.92 Å². The largest absolute Gasteiger partial charge is 0.497 e. The van der Waals surface area contributed by atoms with Crippen LogP contribution in [0.15, 0.2) is 53.1 Å². The molecule has 0 radical (unpaired) electrons. The normalized spacial score (nSPS) is 21.4. The molecule has 2 aromatic heterocycles. The van der Waals surface area contributed by atoms with Crippen LogP contribution in [0.4, 0.5) is 0 Å². The van der Waals surface area contributed by atoms with E-state index in [4.69, 9.17) is 9.15 Å². The van der Waals surface area contributed by atoms with Crippen molar-refractivity contribution >= 4 is 34.5 Å². The maximum Gasteiger partial charge on any atom is 0.287 e. The van der Waals surface area contributed by atoms with Gasteiger partial charge in [0, 0.05) is 18.1 Å². The molecule has 3 unspecified atom stereocenters. The van der Waals surface area contributed by atoms with Gasteiger partial charge in [-0.1, -0.05) is 18.9 Å². The van der Waals surface area contributed by atoms with Crippen molar-refractivity contribution in [2.75, 3.05) is 20.2 Å². The van der Waals surface area contributed by atoms with Gasteiger partial charge in [-0.3, -0.25) is 24.2 Å². The number of methoxy groups -OCH3 is 1. The highest BCUT2D eigenvalue weighted by atomic mass is 16.5. The Labute approximate surface area is 218 Å². The molecule has 38 heavy (non-hydrogen) atoms. The second kappa shape index (κ2) is 9.59. The molecule has 1 N–H and O–H groups in total. The number of amides is 3. The lowest BCUT2D eigenvalue weighted by Gasteiger charge is -2.28. The van der Waals surface area contributed by atoms with Gasteiger partial charge in [0.25, 0.3) is 11.8 Å². The monoisotopic (exact) mass is 516 g/mol. The summed E-state index contributed by atoms with van der Waals surface area (Å²) in [4.78, 5) is 60.2. The van der Waals surface area contributed by atoms with Crippen LogP contribution in [0.5, 0.6) is 5.75 Å². The summed E-state index contributed by atoms with van der Waals surface area (Å²) in [6.45, 7) is 0.282. The minimum Gasteiger partial charge on any atom is -0.497 e. The van der Waals surface area contributed by atoms with E-state index in [0.29, 0.717) is 36.6 Å². The van der Waals surface area contributed by atoms with Crippen LogP contribution in [0.3, 0.4) is 0 Å². The van der Waals surface area contributed by atoms with Gasteiger partial charge in [-0.05, 0) is 55.2 Å². The molecule has 196 valence electrons. The number of aromatic nitrogens is 1. The van der Waals surface area contributed by atoms with Gasteiger partial charge in [-0.25, -0.2) is 0 Å². The van der Waals surface area contributed by atoms with E-state index in [1.807, 2.05) is 0 Å². The molecule has 3 amide bonds. The number of ketones is 1. The zero-order valence-electron chi connectivity index (χ0n) is 21.0. The van der Waals surface area contributed by atoms with Gasteiger partial charge in [-0.2, -0.15) is 0 Å². The van der Waals surface area contributed by atoms with Gasteiger partial charge in [-0.15, -0.1) is 0 Å². The molecule has 3 fully saturated rings. The lowest BCUT2D eigenvalue weighted by molar-refractivity contribution is -0.138. The molecule has 2 saturated heterocycles. The van der Waals surface area contributed by atoms with Crippen molar-refractivity contribution in [3.63, 3.8) is 0 Å². The van der Waals surface area contributed by atoms with E-state index in [1.54, 1.807) is 54.5 Å². The second-order valence-electron chi connectivity index (χ2n) is 10.2. The number of pyridine rings is 1. The first-order valence-corrected chi connectivity index (χ1v) is 12.9. The number of ether oxygens (including phenoxy) is 1. The first kappa shape index (κ1) is 24.1. The summed E-state index contributed by atoms with van der Waals surface area (Å²) >= 11 is 0. The van der Waals surface area contributed by atoms with Crippen LogP contribution in [0.2, 0.25) is 0 Å². The van der Waals surface area contributed by atoms with E-state index in [2.05, 4.69) is 10.3 Å². The van der Waals surface area contributed by atoms with Crippen LogP contribution in [-0.2, 0) is 9.59 Å². The van der Waals surface area contributed by atoms with E-state index >= 15 is 0 Å². The molecule has 3 atom stereocenters. The first-order chi connectivity index (χ1) is 18.4. The standard InChI is InChI=1S/C28H28N4O6/c1-37-18-7-8-23-17(13-18)14-24(38-23)26(34)30-20(12-16-5-6-16)28(36)31-11-9-21-25(31)22(33)15-32(21)27(35)19-4-2-3-10-29-19/h2-4,7-8,10,13-14,16,20-21,25H,5-6,9,11-12,15H2,1H3,(H,30,34). The van der Waals surface area contributed by atoms with E-state index in [0.717, 1.165) is 18.2 Å². The Kier molecular flexibility index (Phi) is 6.09. The summed E-state index contributed by atoms with van der Waals surface area (Å²) in [5.74, 6) is -0.171. The predicted molar refractivity (Wildman–Crippen MR) is 136 cm³/mol. The average molecular weight is 517 g/mol. The molecule has 3 aromatic rings. The Bertz CT molecular complexity index is 1420. The summed E-state index contributed by atoms with van der Waals surface area (Å²) in [5, 5.41) is 3.59. The predicted octanol–water partition coefficient (Wildman–Crippen LogP) is 2.43. The molecule has 1 aliphatic carbocycles. The number of fused-ring (bicyclic) bond motifs is 2. The summed E-state index contributed by atoms with van der Waals surface area (Å²) in [5.41, 5.74) is 0.811. The Morgan fingerprint density at radius 1 is 1.13 bits per heavy atom. The van der Waals surface area contributed by atoms with E-state index < -0.39 is 24.0 Å². The van der Waals surface area contributed by atoms with E-state index in [9.17, 15) is 19.2 Å². The van der Waals surface area contributed by atoms with Crippen LogP contribution in [0.25, 0.3) is 11.0 Å². The Morgan fingerprint density at radius 2 is 1.97 bits per heavy atom. The summed E-state index contributed by atoms with van der Waals surface area (Å²) in [6.07, 6.45) is 4.53. The van der Waals surface area contributed by atoms with E-state index in [1.165, 1.54) is 11.1 Å². The highest BCUT2D eigenvalue weighted by Crippen LogP contribution is 2.36. The zero-order chi connectivity index (χ0) is 26.4. The number of benzene rings is 1. The fourth-order valence-electron chi connectivity index (χ4n) is 5.57. The summed E-state index contributed by atoms with van der Waals surface area (Å²) in [7, 11) is 1.56. The quantitative estimate of drug-likeness (QED) is 0.512. The maximum atomic E-state index is 13.8. The summed E-state index contributed by atoms with van der Waals surface area (Å²) in [6, 6.07) is 10.0. The molecule has 10 nitrogen and oxygen atoms in total. The lowest BCUT2D eigenvalue weighted by atomic mass is 10.1. The minimum absolute atomic E-state index is 0.0589. The number of hydrogen-bond acceptors (Lipinski definition) is 7. The van der Waals surface area contributed by atoms with Crippen molar-refractivity contribution in [3.8, 4) is 5.75 Å². The molecule has 3 aliphatic rings. The van der Waals surface area contributed by atoms with Gasteiger partial charge >= 0.3 is 0 Å². The fourth-order valence-corrected chi connectivity index (χ4v) is 5.57. The lowest BCUT2D eigenvalue weighted by Crippen LogP contribution is -2.52. The van der Waals surface area contributed by atoms with Crippen molar-refractivity contribution in [2.45, 2.75) is 43.8 Å². The van der Waals surface area contributed by atoms with Crippen LogP contribution in [0.1, 0.15) is 46.7 Å². The Hall–Kier alpha value is -4.21. The van der Waals surface area contributed by atoms with E-state index in [-0.39, 0.29) is 35.6 Å². The third kappa shape index (κ3) is 4.40. The topological polar surface area (TPSA) is 122 Å². The van der Waals surface area contributed by atoms with Crippen molar-refractivity contribution in [1.29, 1.82) is 0 Å². The van der Waals surface area contributed by atoms with Crippen LogP contribution >= 0.6 is 0 Å². The highest BCUT2D eigenvalue weighted by molar-refractivity contribution is 6.03. The van der Waals surface area contributed by atoms with Crippen molar-refractivity contribution in [3.05, 3.63) is 60.1 Å². The number of hydrogen-bond donors (Lipinski definition) is 1. The van der Waals surface area contributed by atoms with Gasteiger partial charge in [0.05, 0.1) is 19.7 Å². The van der Waals surface area contributed by atoms with Crippen molar-refractivity contribution in [2.24, 2.45) is 5.92 Å². The molecule has 6 rings (SSSR count). The third-order valence-electron chi connectivity index (χ3n) is 7.67. The molecular formula is C28H28N4O6. The van der Waals surface area contributed by atoms with Gasteiger partial charge in [0.1, 0.15) is 29.1 Å². The molecule has 2 aliphatic heterocycles. The van der Waals surface area contributed by atoms with Crippen molar-refractivity contribution < 1.29 is 28.3 Å². The zero-order valence-corrected chi connectivity index (χ0v) is 21.0. The number of nitrogens with zero attached hydrogens (tertiary/aromatic N) is 3. The molecule has 4 heterocycles. The summed E-state index contributed by atoms with van der Waals surface area (Å²) < 4.78 is 11.0.